The van der Waals surface area contributed by atoms with Gasteiger partial charge in [-0.1, -0.05) is 25.9 Å². The quantitative estimate of drug-likeness (QED) is 0.270. The van der Waals surface area contributed by atoms with Crippen molar-refractivity contribution in [3.05, 3.63) is 0 Å². The summed E-state index contributed by atoms with van der Waals surface area (Å²) in [5, 5.41) is 14.2. The van der Waals surface area contributed by atoms with Gasteiger partial charge in [-0.2, -0.15) is 0 Å². The Morgan fingerprint density at radius 2 is 2.14 bits per heavy atom. The summed E-state index contributed by atoms with van der Waals surface area (Å²) in [7, 11) is 0. The van der Waals surface area contributed by atoms with E-state index in [-0.39, 0.29) is 17.7 Å². The lowest BCUT2D eigenvalue weighted by molar-refractivity contribution is -0.125. The van der Waals surface area contributed by atoms with Crippen LogP contribution < -0.4 is 11.1 Å². The molecule has 1 unspecified atom stereocenters. The molecule has 0 radical (unpaired) electrons. The van der Waals surface area contributed by atoms with Crippen molar-refractivity contribution in [1.29, 1.82) is 0 Å². The number of hydrogen-bond acceptors (Lipinski definition) is 3. The Bertz CT molecular complexity index is 238. The SMILES string of the molecule is CCC(C)(NC(=O)C(C)C)/C(N)=N/O. The molecule has 1 atom stereocenters. The third-order valence-corrected chi connectivity index (χ3v) is 2.30. The first kappa shape index (κ1) is 12.7. The van der Waals surface area contributed by atoms with Crippen LogP contribution in [0.1, 0.15) is 34.1 Å². The van der Waals surface area contributed by atoms with E-state index in [1.54, 1.807) is 20.8 Å². The average Bonchev–Trinajstić information content (AvgIpc) is 2.15. The van der Waals surface area contributed by atoms with Crippen LogP contribution in [0.25, 0.3) is 0 Å². The Kier molecular flexibility index (Phi) is 4.40. The van der Waals surface area contributed by atoms with Crippen LogP contribution in [0.5, 0.6) is 0 Å². The molecule has 1 amide bonds. The lowest BCUT2D eigenvalue weighted by atomic mass is 9.96. The molecule has 0 aliphatic heterocycles. The number of hydrogen-bond donors (Lipinski definition) is 3. The standard InChI is InChI=1S/C9H19N3O2/c1-5-9(4,8(10)12-14)11-7(13)6(2)3/h6,14H,5H2,1-4H3,(H2,10,12)(H,11,13). The fourth-order valence-corrected chi connectivity index (χ4v) is 0.860. The second kappa shape index (κ2) is 4.83. The number of nitrogens with one attached hydrogen (secondary N) is 1. The zero-order valence-corrected chi connectivity index (χ0v) is 9.16. The van der Waals surface area contributed by atoms with Crippen LogP contribution in [0.2, 0.25) is 0 Å². The minimum Gasteiger partial charge on any atom is -0.409 e. The highest BCUT2D eigenvalue weighted by Gasteiger charge is 2.30. The predicted octanol–water partition coefficient (Wildman–Crippen LogP) is 0.674. The Labute approximate surface area is 84.4 Å². The van der Waals surface area contributed by atoms with Gasteiger partial charge in [0.1, 0.15) is 0 Å². The summed E-state index contributed by atoms with van der Waals surface area (Å²) in [6.45, 7) is 7.16. The lowest BCUT2D eigenvalue weighted by Crippen LogP contribution is -2.55. The van der Waals surface area contributed by atoms with Gasteiger partial charge in [0, 0.05) is 5.92 Å². The maximum absolute atomic E-state index is 11.4. The number of oxime groups is 1. The molecular formula is C9H19N3O2. The number of amidine groups is 1. The Hall–Kier alpha value is -1.26. The minimum atomic E-state index is -0.768. The molecule has 0 rings (SSSR count). The molecule has 5 nitrogen and oxygen atoms in total. The highest BCUT2D eigenvalue weighted by atomic mass is 16.4. The van der Waals surface area contributed by atoms with E-state index in [9.17, 15) is 4.79 Å². The zero-order valence-electron chi connectivity index (χ0n) is 9.16. The second-order valence-electron chi connectivity index (χ2n) is 3.81. The molecule has 0 aromatic heterocycles. The molecule has 14 heavy (non-hydrogen) atoms. The van der Waals surface area contributed by atoms with Gasteiger partial charge in [-0.25, -0.2) is 0 Å². The molecule has 0 aromatic rings. The third-order valence-electron chi connectivity index (χ3n) is 2.30. The van der Waals surface area contributed by atoms with Crippen LogP contribution >= 0.6 is 0 Å². The molecule has 0 aliphatic carbocycles. The van der Waals surface area contributed by atoms with E-state index in [2.05, 4.69) is 10.5 Å². The number of nitrogens with two attached hydrogens (primary N) is 1. The number of amides is 1. The maximum atomic E-state index is 11.4. The van der Waals surface area contributed by atoms with Crippen molar-refractivity contribution in [2.75, 3.05) is 0 Å². The summed E-state index contributed by atoms with van der Waals surface area (Å²) in [4.78, 5) is 11.4. The van der Waals surface area contributed by atoms with E-state index < -0.39 is 5.54 Å². The van der Waals surface area contributed by atoms with Crippen molar-refractivity contribution in [3.8, 4) is 0 Å². The maximum Gasteiger partial charge on any atom is 0.223 e. The molecule has 0 spiro atoms. The first-order valence-corrected chi connectivity index (χ1v) is 4.67. The molecule has 0 saturated heterocycles. The van der Waals surface area contributed by atoms with Gasteiger partial charge in [0.25, 0.3) is 0 Å². The molecule has 0 heterocycles. The van der Waals surface area contributed by atoms with E-state index in [1.807, 2.05) is 6.92 Å². The minimum absolute atomic E-state index is 0.0222. The zero-order chi connectivity index (χ0) is 11.4. The Balaban J connectivity index is 4.65. The van der Waals surface area contributed by atoms with Gasteiger partial charge in [-0.3, -0.25) is 4.79 Å². The van der Waals surface area contributed by atoms with Crippen LogP contribution in [0.3, 0.4) is 0 Å². The van der Waals surface area contributed by atoms with Gasteiger partial charge in [0.05, 0.1) is 5.54 Å². The van der Waals surface area contributed by atoms with E-state index in [4.69, 9.17) is 10.9 Å². The molecule has 4 N–H and O–H groups in total. The van der Waals surface area contributed by atoms with E-state index in [0.717, 1.165) is 0 Å². The topological polar surface area (TPSA) is 87.7 Å². The van der Waals surface area contributed by atoms with Gasteiger partial charge >= 0.3 is 0 Å². The fraction of sp³-hybridized carbons (Fsp3) is 0.778. The lowest BCUT2D eigenvalue weighted by Gasteiger charge is -2.28. The van der Waals surface area contributed by atoms with E-state index in [0.29, 0.717) is 6.42 Å². The molecule has 0 saturated carbocycles. The van der Waals surface area contributed by atoms with E-state index in [1.165, 1.54) is 0 Å². The Morgan fingerprint density at radius 1 is 1.64 bits per heavy atom. The summed E-state index contributed by atoms with van der Waals surface area (Å²) >= 11 is 0. The molecule has 82 valence electrons. The van der Waals surface area contributed by atoms with Crippen LogP contribution in [0, 0.1) is 5.92 Å². The summed E-state index contributed by atoms with van der Waals surface area (Å²) < 4.78 is 0. The summed E-state index contributed by atoms with van der Waals surface area (Å²) in [6, 6.07) is 0. The summed E-state index contributed by atoms with van der Waals surface area (Å²) in [5.41, 5.74) is 4.73. The largest absolute Gasteiger partial charge is 0.409 e. The summed E-state index contributed by atoms with van der Waals surface area (Å²) in [5.74, 6) is -0.206. The second-order valence-corrected chi connectivity index (χ2v) is 3.81. The van der Waals surface area contributed by atoms with Crippen molar-refractivity contribution in [2.45, 2.75) is 39.7 Å². The molecule has 0 fully saturated rings. The van der Waals surface area contributed by atoms with Crippen molar-refractivity contribution in [3.63, 3.8) is 0 Å². The number of nitrogens with zero attached hydrogens (tertiary/aromatic N) is 1. The van der Waals surface area contributed by atoms with Crippen molar-refractivity contribution in [1.82, 2.24) is 5.32 Å². The van der Waals surface area contributed by atoms with Crippen molar-refractivity contribution >= 4 is 11.7 Å². The van der Waals surface area contributed by atoms with Crippen molar-refractivity contribution in [2.24, 2.45) is 16.8 Å². The van der Waals surface area contributed by atoms with Gasteiger partial charge in [0.15, 0.2) is 5.84 Å². The number of carbonyl (C=O) groups excluding carboxylic acids is 1. The van der Waals surface area contributed by atoms with Crippen LogP contribution in [-0.4, -0.2) is 22.5 Å². The normalized spacial score (nSPS) is 16.5. The van der Waals surface area contributed by atoms with Gasteiger partial charge < -0.3 is 16.3 Å². The van der Waals surface area contributed by atoms with Crippen LogP contribution in [0.4, 0.5) is 0 Å². The van der Waals surface area contributed by atoms with Gasteiger partial charge in [0.2, 0.25) is 5.91 Å². The smallest absolute Gasteiger partial charge is 0.223 e. The molecule has 0 aliphatic rings. The van der Waals surface area contributed by atoms with Crippen molar-refractivity contribution < 1.29 is 10.0 Å². The molecular weight excluding hydrogens is 182 g/mol. The summed E-state index contributed by atoms with van der Waals surface area (Å²) in [6.07, 6.45) is 0.571. The van der Waals surface area contributed by atoms with Gasteiger partial charge in [-0.15, -0.1) is 0 Å². The van der Waals surface area contributed by atoms with Crippen LogP contribution in [-0.2, 0) is 4.79 Å². The number of rotatable bonds is 4. The third kappa shape index (κ3) is 2.90. The molecule has 0 aromatic carbocycles. The predicted molar refractivity (Wildman–Crippen MR) is 55.1 cm³/mol. The van der Waals surface area contributed by atoms with Gasteiger partial charge in [-0.05, 0) is 13.3 Å². The van der Waals surface area contributed by atoms with Crippen LogP contribution in [0.15, 0.2) is 5.16 Å². The molecule has 5 heteroatoms. The monoisotopic (exact) mass is 201 g/mol. The highest BCUT2D eigenvalue weighted by molar-refractivity contribution is 5.93. The first-order chi connectivity index (χ1) is 6.37. The Morgan fingerprint density at radius 3 is 2.43 bits per heavy atom. The molecule has 0 bridgehead atoms. The van der Waals surface area contributed by atoms with E-state index >= 15 is 0 Å². The first-order valence-electron chi connectivity index (χ1n) is 4.67. The number of carbonyl (C=O) groups is 1. The highest BCUT2D eigenvalue weighted by Crippen LogP contribution is 2.10. The average molecular weight is 201 g/mol. The fourth-order valence-electron chi connectivity index (χ4n) is 0.860.